The Morgan fingerprint density at radius 2 is 1.89 bits per heavy atom. The van der Waals surface area contributed by atoms with Crippen LogP contribution in [-0.4, -0.2) is 11.1 Å². The van der Waals surface area contributed by atoms with E-state index in [1.807, 2.05) is 39.8 Å². The Labute approximate surface area is 220 Å². The van der Waals surface area contributed by atoms with Crippen molar-refractivity contribution in [2.45, 2.75) is 53.5 Å². The van der Waals surface area contributed by atoms with E-state index in [4.69, 9.17) is 4.74 Å². The highest BCUT2D eigenvalue weighted by molar-refractivity contribution is 5.92. The fourth-order valence-corrected chi connectivity index (χ4v) is 4.57. The molecule has 0 radical (unpaired) electrons. The summed E-state index contributed by atoms with van der Waals surface area (Å²) in [6.45, 7) is 22.3. The van der Waals surface area contributed by atoms with Crippen molar-refractivity contribution in [1.82, 2.24) is 5.32 Å². The molecule has 0 fully saturated rings. The van der Waals surface area contributed by atoms with Crippen LogP contribution in [0.3, 0.4) is 0 Å². The number of hydrogen-bond donors (Lipinski definition) is 2. The van der Waals surface area contributed by atoms with Gasteiger partial charge in [0.2, 0.25) is 0 Å². The van der Waals surface area contributed by atoms with E-state index < -0.39 is 5.97 Å². The second kappa shape index (κ2) is 11.8. The molecule has 1 heterocycles. The maximum Gasteiger partial charge on any atom is 0.333 e. The lowest BCUT2D eigenvalue weighted by Gasteiger charge is -2.29. The van der Waals surface area contributed by atoms with Crippen LogP contribution < -0.4 is 20.5 Å². The molecule has 1 aliphatic rings. The number of nitrogens with one attached hydrogen (secondary N) is 1. The van der Waals surface area contributed by atoms with Crippen molar-refractivity contribution in [2.75, 3.05) is 0 Å². The number of ether oxygens (including phenoxy) is 1. The standard InChI is InChI=1S/C33H37NO3/c1-9-12-14-30(27(11-3)33(35)36)34-24(8)29-18-20(4)17-28-22(6)23(7)31(37-32(28)29)26-16-15-21(5)25(19-26)13-10-2/h9,12-19,24,34H,1,5-6,10-11H2,2-4,7-8H3,(H,35,36)/b14-12-,25-13-,30-27-. The number of hydrogen-bond acceptors (Lipinski definition) is 3. The summed E-state index contributed by atoms with van der Waals surface area (Å²) in [6, 6.07) is 10.1. The molecule has 0 saturated heterocycles. The van der Waals surface area contributed by atoms with E-state index in [0.717, 1.165) is 61.8 Å². The summed E-state index contributed by atoms with van der Waals surface area (Å²) in [6.07, 6.45) is 8.58. The lowest BCUT2D eigenvalue weighted by atomic mass is 9.89. The molecular weight excluding hydrogens is 458 g/mol. The van der Waals surface area contributed by atoms with Gasteiger partial charge in [0.1, 0.15) is 11.5 Å². The number of benzene rings is 2. The Kier molecular flexibility index (Phi) is 8.77. The normalized spacial score (nSPS) is 15.3. The molecule has 0 aromatic heterocycles. The van der Waals surface area contributed by atoms with Crippen molar-refractivity contribution in [1.29, 1.82) is 0 Å². The number of carboxylic acids is 1. The fourth-order valence-electron chi connectivity index (χ4n) is 4.57. The third kappa shape index (κ3) is 5.86. The van der Waals surface area contributed by atoms with Gasteiger partial charge in [0.05, 0.1) is 11.6 Å². The van der Waals surface area contributed by atoms with Gasteiger partial charge < -0.3 is 15.2 Å². The van der Waals surface area contributed by atoms with E-state index in [-0.39, 0.29) is 6.04 Å². The Balaban J connectivity index is 2.14. The summed E-state index contributed by atoms with van der Waals surface area (Å²) in [5, 5.41) is 15.2. The molecule has 37 heavy (non-hydrogen) atoms. The van der Waals surface area contributed by atoms with Gasteiger partial charge in [-0.05, 0) is 79.0 Å². The molecule has 2 aromatic carbocycles. The van der Waals surface area contributed by atoms with E-state index in [0.29, 0.717) is 17.7 Å². The van der Waals surface area contributed by atoms with E-state index in [9.17, 15) is 9.90 Å². The molecule has 3 rings (SSSR count). The third-order valence-corrected chi connectivity index (χ3v) is 6.59. The highest BCUT2D eigenvalue weighted by Crippen LogP contribution is 2.44. The molecule has 4 nitrogen and oxygen atoms in total. The van der Waals surface area contributed by atoms with Gasteiger partial charge in [0, 0.05) is 22.4 Å². The number of rotatable bonds is 9. The summed E-state index contributed by atoms with van der Waals surface area (Å²) in [5.74, 6) is 0.551. The second-order valence-electron chi connectivity index (χ2n) is 9.30. The zero-order chi connectivity index (χ0) is 27.3. The summed E-state index contributed by atoms with van der Waals surface area (Å²) < 4.78 is 6.66. The maximum atomic E-state index is 11.9. The first-order valence-corrected chi connectivity index (χ1v) is 12.7. The Morgan fingerprint density at radius 1 is 1.16 bits per heavy atom. The fraction of sp³-hybridized carbons (Fsp3) is 0.242. The van der Waals surface area contributed by atoms with Crippen LogP contribution in [0.25, 0.3) is 24.0 Å². The number of fused-ring (bicyclic) bond motifs is 1. The highest BCUT2D eigenvalue weighted by atomic mass is 16.5. The monoisotopic (exact) mass is 495 g/mol. The summed E-state index contributed by atoms with van der Waals surface area (Å²) in [5.41, 5.74) is 6.67. The number of aryl methyl sites for hydroxylation is 1. The minimum atomic E-state index is -0.948. The molecule has 1 aliphatic heterocycles. The Morgan fingerprint density at radius 3 is 2.51 bits per heavy atom. The lowest BCUT2D eigenvalue weighted by molar-refractivity contribution is -0.132. The topological polar surface area (TPSA) is 58.6 Å². The first kappa shape index (κ1) is 27.5. The van der Waals surface area contributed by atoms with E-state index >= 15 is 0 Å². The molecule has 192 valence electrons. The van der Waals surface area contributed by atoms with E-state index in [1.165, 1.54) is 0 Å². The molecule has 0 saturated carbocycles. The lowest BCUT2D eigenvalue weighted by Crippen LogP contribution is -2.24. The van der Waals surface area contributed by atoms with Gasteiger partial charge in [-0.2, -0.15) is 0 Å². The Hall–Kier alpha value is -4.05. The molecular formula is C33H37NO3. The number of allylic oxidation sites excluding steroid dienone is 5. The van der Waals surface area contributed by atoms with Crippen LogP contribution in [0, 0.1) is 6.92 Å². The second-order valence-corrected chi connectivity index (χ2v) is 9.30. The van der Waals surface area contributed by atoms with Crippen LogP contribution in [0.2, 0.25) is 0 Å². The average molecular weight is 496 g/mol. The molecule has 2 aromatic rings. The zero-order valence-electron chi connectivity index (χ0n) is 22.6. The largest absolute Gasteiger partial charge is 0.478 e. The molecule has 0 spiro atoms. The van der Waals surface area contributed by atoms with Crippen molar-refractivity contribution in [3.05, 3.63) is 111 Å². The Bertz CT molecular complexity index is 1450. The molecule has 1 unspecified atom stereocenters. The van der Waals surface area contributed by atoms with Gasteiger partial charge in [-0.25, -0.2) is 4.79 Å². The van der Waals surface area contributed by atoms with E-state index in [1.54, 1.807) is 18.2 Å². The van der Waals surface area contributed by atoms with Gasteiger partial charge in [-0.15, -0.1) is 0 Å². The summed E-state index contributed by atoms with van der Waals surface area (Å²) in [4.78, 5) is 11.9. The molecule has 0 bridgehead atoms. The van der Waals surface area contributed by atoms with Gasteiger partial charge in [-0.3, -0.25) is 0 Å². The quantitative estimate of drug-likeness (QED) is 0.305. The van der Waals surface area contributed by atoms with Crippen LogP contribution in [0.1, 0.15) is 68.8 Å². The van der Waals surface area contributed by atoms with Crippen molar-refractivity contribution < 1.29 is 14.6 Å². The first-order chi connectivity index (χ1) is 17.6. The van der Waals surface area contributed by atoms with Gasteiger partial charge in [0.15, 0.2) is 0 Å². The molecule has 4 heteroatoms. The molecule has 0 amide bonds. The number of carbonyl (C=O) groups is 1. The predicted octanol–water partition coefficient (Wildman–Crippen LogP) is 6.57. The smallest absolute Gasteiger partial charge is 0.333 e. The summed E-state index contributed by atoms with van der Waals surface area (Å²) in [7, 11) is 0. The van der Waals surface area contributed by atoms with Crippen molar-refractivity contribution in [2.24, 2.45) is 0 Å². The van der Waals surface area contributed by atoms with Crippen LogP contribution in [-0.2, 0) is 4.79 Å². The SMILES string of the molecule is C=C/C=C\C(NC(C)c1cc(C)cc2c1OC(c1ccc(=C)/c(=C\CC)c1)=C(C)C2=C)=C(/CC)C(=O)O. The number of carboxylic acid groups (broad SMARTS) is 1. The van der Waals surface area contributed by atoms with Gasteiger partial charge >= 0.3 is 5.97 Å². The predicted molar refractivity (Wildman–Crippen MR) is 155 cm³/mol. The maximum absolute atomic E-state index is 11.9. The molecule has 0 aliphatic carbocycles. The van der Waals surface area contributed by atoms with Gasteiger partial charge in [-0.1, -0.05) is 70.0 Å². The van der Waals surface area contributed by atoms with Crippen LogP contribution in [0.4, 0.5) is 0 Å². The first-order valence-electron chi connectivity index (χ1n) is 12.7. The van der Waals surface area contributed by atoms with Crippen LogP contribution in [0.15, 0.2) is 78.6 Å². The van der Waals surface area contributed by atoms with Crippen molar-refractivity contribution >= 4 is 30.0 Å². The minimum absolute atomic E-state index is 0.238. The minimum Gasteiger partial charge on any atom is -0.478 e. The summed E-state index contributed by atoms with van der Waals surface area (Å²) >= 11 is 0. The van der Waals surface area contributed by atoms with Crippen LogP contribution in [0.5, 0.6) is 5.75 Å². The number of aliphatic carboxylic acids is 1. The highest BCUT2D eigenvalue weighted by Gasteiger charge is 2.27. The molecule has 1 atom stereocenters. The third-order valence-electron chi connectivity index (χ3n) is 6.59. The van der Waals surface area contributed by atoms with Crippen molar-refractivity contribution in [3.63, 3.8) is 0 Å². The van der Waals surface area contributed by atoms with Crippen molar-refractivity contribution in [3.8, 4) is 5.75 Å². The van der Waals surface area contributed by atoms with Gasteiger partial charge in [0.25, 0.3) is 0 Å². The zero-order valence-corrected chi connectivity index (χ0v) is 22.6. The van der Waals surface area contributed by atoms with E-state index in [2.05, 4.69) is 56.3 Å². The average Bonchev–Trinajstić information content (AvgIpc) is 2.86. The molecule has 2 N–H and O–H groups in total. The van der Waals surface area contributed by atoms with Crippen LogP contribution >= 0.6 is 0 Å².